The molecule has 0 saturated carbocycles. The van der Waals surface area contributed by atoms with E-state index in [9.17, 15) is 9.59 Å². The average Bonchev–Trinajstić information content (AvgIpc) is 4.02. The zero-order valence-corrected chi connectivity index (χ0v) is 37.7. The van der Waals surface area contributed by atoms with Crippen LogP contribution in [0.2, 0.25) is 0 Å². The summed E-state index contributed by atoms with van der Waals surface area (Å²) in [4.78, 5) is 30.4. The molecule has 9 rings (SSSR count). The minimum absolute atomic E-state index is 0.0912. The zero-order chi connectivity index (χ0) is 43.7. The van der Waals surface area contributed by atoms with Crippen molar-refractivity contribution in [3.05, 3.63) is 160 Å². The molecule has 0 spiro atoms. The fourth-order valence-corrected chi connectivity index (χ4v) is 9.13. The van der Waals surface area contributed by atoms with Crippen LogP contribution in [-0.4, -0.2) is 84.1 Å². The molecular formula is C51H53BrN8O3. The molecule has 0 aliphatic carbocycles. The number of likely N-dealkylation sites (tertiary alicyclic amines) is 2. The largest absolute Gasteiger partial charge is 0.497 e. The van der Waals surface area contributed by atoms with Crippen LogP contribution in [0, 0.1) is 13.8 Å². The van der Waals surface area contributed by atoms with Gasteiger partial charge in [0.25, 0.3) is 0 Å². The molecule has 4 heterocycles. The maximum atomic E-state index is 13.4. The summed E-state index contributed by atoms with van der Waals surface area (Å²) in [7, 11) is 1.69. The standard InChI is InChI=1S/C30H32N4O2.C21H21BrN4O/c1-21-17-27(36-3)18-22(2)29(21)25-14-12-24(13-15-25)28-20-34(32-31-28)30(35)33-16-8-7-11-26(33)19-23-9-5-4-6-10-23;22-18-11-9-17(10-12-18)20-15-26(24-23-20)21(27)25-13-5-4-8-19(25)14-16-6-2-1-3-7-16/h4-6,9-10,12-15,17-18,20,26H,7-8,11,16,19H2,1-3H3;1-3,6-7,9-12,15,19H,4-5,8,13-14H2. The summed E-state index contributed by atoms with van der Waals surface area (Å²) in [5.41, 5.74) is 10.5. The number of ether oxygens (including phenoxy) is 1. The lowest BCUT2D eigenvalue weighted by molar-refractivity contribution is 0.148. The minimum Gasteiger partial charge on any atom is -0.497 e. The molecule has 2 fully saturated rings. The van der Waals surface area contributed by atoms with E-state index in [-0.39, 0.29) is 24.1 Å². The second kappa shape index (κ2) is 20.2. The van der Waals surface area contributed by atoms with E-state index >= 15 is 0 Å². The summed E-state index contributed by atoms with van der Waals surface area (Å²) in [5, 5.41) is 16.8. The molecule has 0 N–H and O–H groups in total. The van der Waals surface area contributed by atoms with Gasteiger partial charge in [0.2, 0.25) is 0 Å². The zero-order valence-electron chi connectivity index (χ0n) is 36.1. The summed E-state index contributed by atoms with van der Waals surface area (Å²) >= 11 is 3.43. The van der Waals surface area contributed by atoms with Crippen LogP contribution in [0.1, 0.15) is 60.8 Å². The van der Waals surface area contributed by atoms with Gasteiger partial charge >= 0.3 is 12.1 Å². The Morgan fingerprint density at radius 3 is 1.48 bits per heavy atom. The van der Waals surface area contributed by atoms with Crippen LogP contribution < -0.4 is 4.74 Å². The summed E-state index contributed by atoms with van der Waals surface area (Å²) < 4.78 is 9.17. The lowest BCUT2D eigenvalue weighted by atomic mass is 9.94. The molecule has 11 nitrogen and oxygen atoms in total. The monoisotopic (exact) mass is 904 g/mol. The van der Waals surface area contributed by atoms with Crippen molar-refractivity contribution in [2.24, 2.45) is 0 Å². The Morgan fingerprint density at radius 2 is 1.03 bits per heavy atom. The number of aromatic nitrogens is 6. The topological polar surface area (TPSA) is 111 Å². The number of halogens is 1. The van der Waals surface area contributed by atoms with E-state index in [2.05, 4.69) is 111 Å². The molecule has 2 amide bonds. The maximum absolute atomic E-state index is 13.4. The molecule has 7 aromatic rings. The van der Waals surface area contributed by atoms with Crippen molar-refractivity contribution >= 4 is 28.0 Å². The number of rotatable bonds is 8. The van der Waals surface area contributed by atoms with Crippen molar-refractivity contribution in [3.63, 3.8) is 0 Å². The highest BCUT2D eigenvalue weighted by Gasteiger charge is 2.30. The van der Waals surface area contributed by atoms with Crippen molar-refractivity contribution < 1.29 is 14.3 Å². The van der Waals surface area contributed by atoms with Gasteiger partial charge in [0.05, 0.1) is 19.5 Å². The van der Waals surface area contributed by atoms with Crippen LogP contribution in [0.25, 0.3) is 33.6 Å². The molecule has 2 atom stereocenters. The molecule has 0 bridgehead atoms. The van der Waals surface area contributed by atoms with Gasteiger partial charge in [-0.05, 0) is 123 Å². The number of benzene rings is 5. The van der Waals surface area contributed by atoms with Gasteiger partial charge in [0.1, 0.15) is 17.1 Å². The molecule has 2 saturated heterocycles. The number of carbonyl (C=O) groups excluding carboxylic acids is 2. The quantitative estimate of drug-likeness (QED) is 0.149. The smallest absolute Gasteiger partial charge is 0.346 e. The number of carbonyl (C=O) groups is 2. The van der Waals surface area contributed by atoms with Crippen LogP contribution in [0.5, 0.6) is 5.75 Å². The molecule has 2 aromatic heterocycles. The normalized spacial score (nSPS) is 16.3. The summed E-state index contributed by atoms with van der Waals surface area (Å²) in [6.07, 6.45) is 11.6. The van der Waals surface area contributed by atoms with Crippen molar-refractivity contribution in [1.29, 1.82) is 0 Å². The third-order valence-corrected chi connectivity index (χ3v) is 12.6. The van der Waals surface area contributed by atoms with Crippen LogP contribution in [0.15, 0.2) is 138 Å². The summed E-state index contributed by atoms with van der Waals surface area (Å²) in [6.45, 7) is 5.72. The number of amides is 2. The van der Waals surface area contributed by atoms with Crippen molar-refractivity contribution in [2.45, 2.75) is 77.3 Å². The predicted octanol–water partition coefficient (Wildman–Crippen LogP) is 11.1. The van der Waals surface area contributed by atoms with Gasteiger partial charge in [0.15, 0.2) is 0 Å². The number of nitrogens with zero attached hydrogens (tertiary/aromatic N) is 8. The minimum atomic E-state index is -0.101. The predicted molar refractivity (Wildman–Crippen MR) is 251 cm³/mol. The Labute approximate surface area is 377 Å². The van der Waals surface area contributed by atoms with Gasteiger partial charge in [-0.1, -0.05) is 123 Å². The molecule has 2 unspecified atom stereocenters. The number of aryl methyl sites for hydroxylation is 2. The fraction of sp³-hybridized carbons (Fsp3) is 0.294. The van der Waals surface area contributed by atoms with E-state index in [0.29, 0.717) is 11.4 Å². The molecule has 2 aliphatic rings. The van der Waals surface area contributed by atoms with E-state index in [1.165, 1.54) is 37.2 Å². The molecule has 12 heteroatoms. The van der Waals surface area contributed by atoms with Gasteiger partial charge in [-0.3, -0.25) is 0 Å². The molecule has 2 aliphatic heterocycles. The molecule has 5 aromatic carbocycles. The number of piperidine rings is 2. The Kier molecular flexibility index (Phi) is 13.9. The Bertz CT molecular complexity index is 2590. The molecule has 0 radical (unpaired) electrons. The SMILES string of the molecule is COc1cc(C)c(-c2ccc(-c3cn(C(=O)N4CCCCC4Cc4ccccc4)nn3)cc2)c(C)c1.O=C(N1CCCCC1Cc1ccccc1)n1cc(-c2ccc(Br)cc2)nn1. The number of hydrogen-bond donors (Lipinski definition) is 0. The third-order valence-electron chi connectivity index (χ3n) is 12.1. The fourth-order valence-electron chi connectivity index (χ4n) is 8.87. The highest BCUT2D eigenvalue weighted by atomic mass is 79.9. The van der Waals surface area contributed by atoms with Crippen molar-refractivity contribution in [2.75, 3.05) is 20.2 Å². The van der Waals surface area contributed by atoms with E-state index in [1.54, 1.807) is 19.5 Å². The number of methoxy groups -OCH3 is 1. The second-order valence-electron chi connectivity index (χ2n) is 16.4. The third kappa shape index (κ3) is 10.5. The highest BCUT2D eigenvalue weighted by Crippen LogP contribution is 2.32. The Balaban J connectivity index is 0.000000180. The van der Waals surface area contributed by atoms with E-state index in [0.717, 1.165) is 91.4 Å². The van der Waals surface area contributed by atoms with Crippen molar-refractivity contribution in [1.82, 2.24) is 39.8 Å². The molecule has 322 valence electrons. The molecular weight excluding hydrogens is 853 g/mol. The van der Waals surface area contributed by atoms with Crippen molar-refractivity contribution in [3.8, 4) is 39.4 Å². The van der Waals surface area contributed by atoms with Gasteiger partial charge in [-0.25, -0.2) is 9.59 Å². The van der Waals surface area contributed by atoms with E-state index < -0.39 is 0 Å². The van der Waals surface area contributed by atoms with Crippen LogP contribution >= 0.6 is 15.9 Å². The van der Waals surface area contributed by atoms with Crippen LogP contribution in [0.3, 0.4) is 0 Å². The van der Waals surface area contributed by atoms with Crippen LogP contribution in [-0.2, 0) is 12.8 Å². The summed E-state index contributed by atoms with van der Waals surface area (Å²) in [6, 6.07) is 41.1. The lowest BCUT2D eigenvalue weighted by Crippen LogP contribution is -2.46. The van der Waals surface area contributed by atoms with E-state index in [4.69, 9.17) is 4.74 Å². The van der Waals surface area contributed by atoms with E-state index in [1.807, 2.05) is 70.5 Å². The Hall–Kier alpha value is -6.40. The average molecular weight is 906 g/mol. The lowest BCUT2D eigenvalue weighted by Gasteiger charge is -2.35. The first-order valence-electron chi connectivity index (χ1n) is 21.8. The first kappa shape index (κ1) is 43.3. The Morgan fingerprint density at radius 1 is 0.603 bits per heavy atom. The second-order valence-corrected chi connectivity index (χ2v) is 17.4. The molecule has 63 heavy (non-hydrogen) atoms. The van der Waals surface area contributed by atoms with Gasteiger partial charge in [-0.2, -0.15) is 9.36 Å². The van der Waals surface area contributed by atoms with Gasteiger partial charge in [0, 0.05) is 40.8 Å². The maximum Gasteiger partial charge on any atom is 0.346 e. The highest BCUT2D eigenvalue weighted by molar-refractivity contribution is 9.10. The van der Waals surface area contributed by atoms with Crippen LogP contribution in [0.4, 0.5) is 9.59 Å². The van der Waals surface area contributed by atoms with Gasteiger partial charge in [-0.15, -0.1) is 10.2 Å². The number of hydrogen-bond acceptors (Lipinski definition) is 7. The van der Waals surface area contributed by atoms with Gasteiger partial charge < -0.3 is 14.5 Å². The first-order valence-corrected chi connectivity index (χ1v) is 22.6. The first-order chi connectivity index (χ1) is 30.7. The summed E-state index contributed by atoms with van der Waals surface area (Å²) in [5.74, 6) is 0.867.